The highest BCUT2D eigenvalue weighted by Crippen LogP contribution is 2.30. The van der Waals surface area contributed by atoms with E-state index in [0.29, 0.717) is 31.5 Å². The molecule has 3 aromatic rings. The largest absolute Gasteiger partial charge is 0.330 e. The standard InChI is InChI=1S/C13H6Cl3FN2S/c14-6-1-2-7(15)11(3-6)19-12-5-9(17)8(16)4-10(12)18-13(19)20/h1-5H,(H,18,20). The first kappa shape index (κ1) is 13.9. The Hall–Kier alpha value is -1.07. The molecule has 0 saturated heterocycles. The van der Waals surface area contributed by atoms with Gasteiger partial charge in [0.2, 0.25) is 0 Å². The molecule has 0 fully saturated rings. The summed E-state index contributed by atoms with van der Waals surface area (Å²) in [5.41, 5.74) is 1.75. The number of hydrogen-bond donors (Lipinski definition) is 1. The molecule has 0 amide bonds. The molecule has 2 nitrogen and oxygen atoms in total. The molecule has 102 valence electrons. The number of aromatic nitrogens is 2. The Labute approximate surface area is 133 Å². The van der Waals surface area contributed by atoms with E-state index in [-0.39, 0.29) is 5.02 Å². The zero-order valence-corrected chi connectivity index (χ0v) is 12.8. The van der Waals surface area contributed by atoms with E-state index in [1.807, 2.05) is 0 Å². The number of nitrogens with one attached hydrogen (secondary N) is 1. The average molecular weight is 348 g/mol. The third kappa shape index (κ3) is 2.23. The summed E-state index contributed by atoms with van der Waals surface area (Å²) < 4.78 is 15.7. The molecule has 0 aliphatic heterocycles. The van der Waals surface area contributed by atoms with E-state index in [0.717, 1.165) is 0 Å². The maximum atomic E-state index is 13.7. The van der Waals surface area contributed by atoms with Crippen LogP contribution in [0.25, 0.3) is 16.7 Å². The van der Waals surface area contributed by atoms with Crippen LogP contribution in [0.15, 0.2) is 30.3 Å². The van der Waals surface area contributed by atoms with Crippen LogP contribution in [0.4, 0.5) is 4.39 Å². The highest BCUT2D eigenvalue weighted by atomic mass is 35.5. The van der Waals surface area contributed by atoms with Gasteiger partial charge in [-0.1, -0.05) is 34.8 Å². The fourth-order valence-corrected chi connectivity index (χ4v) is 2.84. The number of aromatic amines is 1. The van der Waals surface area contributed by atoms with Gasteiger partial charge < -0.3 is 4.98 Å². The Kier molecular flexibility index (Phi) is 3.50. The Morgan fingerprint density at radius 3 is 2.55 bits per heavy atom. The van der Waals surface area contributed by atoms with Crippen molar-refractivity contribution in [2.75, 3.05) is 0 Å². The number of fused-ring (bicyclic) bond motifs is 1. The van der Waals surface area contributed by atoms with Gasteiger partial charge in [-0.25, -0.2) is 4.39 Å². The van der Waals surface area contributed by atoms with Crippen molar-refractivity contribution in [3.63, 3.8) is 0 Å². The van der Waals surface area contributed by atoms with Crippen molar-refractivity contribution in [3.05, 3.63) is 56.0 Å². The SMILES string of the molecule is Fc1cc2c(cc1Cl)[nH]c(=S)n2-c1cc(Cl)ccc1Cl. The van der Waals surface area contributed by atoms with Crippen molar-refractivity contribution in [2.45, 2.75) is 0 Å². The van der Waals surface area contributed by atoms with Gasteiger partial charge in [-0.05, 0) is 36.5 Å². The van der Waals surface area contributed by atoms with Crippen LogP contribution in [-0.2, 0) is 0 Å². The number of hydrogen-bond acceptors (Lipinski definition) is 1. The lowest BCUT2D eigenvalue weighted by Crippen LogP contribution is -1.95. The third-order valence-electron chi connectivity index (χ3n) is 2.87. The predicted octanol–water partition coefficient (Wildman–Crippen LogP) is 5.79. The number of benzene rings is 2. The van der Waals surface area contributed by atoms with Gasteiger partial charge in [0.25, 0.3) is 0 Å². The van der Waals surface area contributed by atoms with Crippen molar-refractivity contribution >= 4 is 58.1 Å². The lowest BCUT2D eigenvalue weighted by Gasteiger charge is -2.08. The summed E-state index contributed by atoms with van der Waals surface area (Å²) in [5.74, 6) is -0.528. The third-order valence-corrected chi connectivity index (χ3v) is 4.00. The van der Waals surface area contributed by atoms with Crippen LogP contribution in [0.3, 0.4) is 0 Å². The van der Waals surface area contributed by atoms with Gasteiger partial charge in [-0.15, -0.1) is 0 Å². The first-order valence-electron chi connectivity index (χ1n) is 5.52. The van der Waals surface area contributed by atoms with E-state index in [4.69, 9.17) is 47.0 Å². The summed E-state index contributed by atoms with van der Waals surface area (Å²) in [6.07, 6.45) is 0. The lowest BCUT2D eigenvalue weighted by molar-refractivity contribution is 0.629. The van der Waals surface area contributed by atoms with E-state index in [2.05, 4.69) is 4.98 Å². The number of H-pyrrole nitrogens is 1. The van der Waals surface area contributed by atoms with Crippen LogP contribution in [0.1, 0.15) is 0 Å². The fourth-order valence-electron chi connectivity index (χ4n) is 2.00. The molecule has 20 heavy (non-hydrogen) atoms. The van der Waals surface area contributed by atoms with Crippen LogP contribution in [-0.4, -0.2) is 9.55 Å². The summed E-state index contributed by atoms with van der Waals surface area (Å²) in [5, 5.41) is 0.995. The summed E-state index contributed by atoms with van der Waals surface area (Å²) >= 11 is 23.2. The van der Waals surface area contributed by atoms with Crippen molar-refractivity contribution in [1.29, 1.82) is 0 Å². The minimum Gasteiger partial charge on any atom is -0.330 e. The Balaban J connectivity index is 2.42. The van der Waals surface area contributed by atoms with Gasteiger partial charge in [0.05, 0.1) is 26.8 Å². The minimum atomic E-state index is -0.528. The first-order valence-corrected chi connectivity index (χ1v) is 7.07. The maximum Gasteiger partial charge on any atom is 0.182 e. The number of halogens is 4. The topological polar surface area (TPSA) is 20.7 Å². The molecular formula is C13H6Cl3FN2S. The molecule has 0 unspecified atom stereocenters. The van der Waals surface area contributed by atoms with Gasteiger partial charge >= 0.3 is 0 Å². The second-order valence-corrected chi connectivity index (χ2v) is 5.78. The molecule has 7 heteroatoms. The van der Waals surface area contributed by atoms with Crippen molar-refractivity contribution in [3.8, 4) is 5.69 Å². The molecule has 0 aliphatic carbocycles. The van der Waals surface area contributed by atoms with Crippen LogP contribution >= 0.6 is 47.0 Å². The van der Waals surface area contributed by atoms with E-state index in [9.17, 15) is 4.39 Å². The molecule has 1 heterocycles. The maximum absolute atomic E-state index is 13.7. The molecule has 0 saturated carbocycles. The molecule has 1 aromatic heterocycles. The Bertz CT molecular complexity index is 885. The second kappa shape index (κ2) is 5.04. The summed E-state index contributed by atoms with van der Waals surface area (Å²) in [4.78, 5) is 2.97. The van der Waals surface area contributed by atoms with Gasteiger partial charge in [-0.3, -0.25) is 4.57 Å². The summed E-state index contributed by atoms with van der Waals surface area (Å²) in [6.45, 7) is 0. The molecule has 3 rings (SSSR count). The van der Waals surface area contributed by atoms with Crippen LogP contribution in [0.2, 0.25) is 15.1 Å². The molecule has 0 radical (unpaired) electrons. The number of imidazole rings is 1. The Morgan fingerprint density at radius 1 is 1.05 bits per heavy atom. The van der Waals surface area contributed by atoms with Gasteiger partial charge in [-0.2, -0.15) is 0 Å². The summed E-state index contributed by atoms with van der Waals surface area (Å²) in [6, 6.07) is 7.78. The molecule has 0 atom stereocenters. The van der Waals surface area contributed by atoms with E-state index in [1.165, 1.54) is 12.1 Å². The van der Waals surface area contributed by atoms with Gasteiger partial charge in [0.15, 0.2) is 4.77 Å². The Morgan fingerprint density at radius 2 is 1.80 bits per heavy atom. The van der Waals surface area contributed by atoms with Crippen LogP contribution < -0.4 is 0 Å². The van der Waals surface area contributed by atoms with E-state index < -0.39 is 5.82 Å². The number of nitrogens with zero attached hydrogens (tertiary/aromatic N) is 1. The molecule has 0 spiro atoms. The van der Waals surface area contributed by atoms with Gasteiger partial charge in [0, 0.05) is 11.1 Å². The first-order chi connectivity index (χ1) is 9.47. The highest BCUT2D eigenvalue weighted by molar-refractivity contribution is 7.71. The highest BCUT2D eigenvalue weighted by Gasteiger charge is 2.13. The molecule has 2 aromatic carbocycles. The van der Waals surface area contributed by atoms with Crippen molar-refractivity contribution in [1.82, 2.24) is 9.55 Å². The molecule has 0 aliphatic rings. The average Bonchev–Trinajstić information content (AvgIpc) is 2.69. The van der Waals surface area contributed by atoms with Crippen molar-refractivity contribution < 1.29 is 4.39 Å². The van der Waals surface area contributed by atoms with Gasteiger partial charge in [0.1, 0.15) is 5.82 Å². The number of rotatable bonds is 1. The zero-order chi connectivity index (χ0) is 14.4. The zero-order valence-electron chi connectivity index (χ0n) is 9.75. The minimum absolute atomic E-state index is 0.0260. The normalized spacial score (nSPS) is 11.2. The second-order valence-electron chi connectivity index (χ2n) is 4.14. The van der Waals surface area contributed by atoms with E-state index >= 15 is 0 Å². The monoisotopic (exact) mass is 346 g/mol. The smallest absolute Gasteiger partial charge is 0.182 e. The van der Waals surface area contributed by atoms with Crippen LogP contribution in [0.5, 0.6) is 0 Å². The molecule has 0 bridgehead atoms. The fraction of sp³-hybridized carbons (Fsp3) is 0. The molecule has 1 N–H and O–H groups in total. The predicted molar refractivity (Wildman–Crippen MR) is 83.4 cm³/mol. The summed E-state index contributed by atoms with van der Waals surface area (Å²) in [7, 11) is 0. The van der Waals surface area contributed by atoms with E-state index in [1.54, 1.807) is 22.8 Å². The lowest BCUT2D eigenvalue weighted by atomic mass is 10.2. The van der Waals surface area contributed by atoms with Crippen molar-refractivity contribution in [2.24, 2.45) is 0 Å². The quantitative estimate of drug-likeness (QED) is 0.553. The molecular weight excluding hydrogens is 342 g/mol. The van der Waals surface area contributed by atoms with Crippen LogP contribution in [0, 0.1) is 10.6 Å².